The Kier molecular flexibility index (Phi) is 2.32. The minimum Gasteiger partial charge on any atom is -0.345 e. The molecule has 0 spiro atoms. The average Bonchev–Trinajstić information content (AvgIpc) is 2.46. The lowest BCUT2D eigenvalue weighted by atomic mass is 10.2. The van der Waals surface area contributed by atoms with Gasteiger partial charge < -0.3 is 4.98 Å². The number of nitrogens with zero attached hydrogens (tertiary/aromatic N) is 2. The zero-order chi connectivity index (χ0) is 9.14. The maximum atomic E-state index is 8.64. The Hall–Kier alpha value is -1.53. The minimum atomic E-state index is 0.287. The number of nitriles is 1. The molecular formula is C8H6ClN3. The fraction of sp³-hybridized carbons (Fsp3) is 0. The SMILES string of the molecule is C=Nc1[nH]cc(C#N)c1C(=C)Cl. The van der Waals surface area contributed by atoms with Gasteiger partial charge in [0.15, 0.2) is 0 Å². The van der Waals surface area contributed by atoms with E-state index in [1.807, 2.05) is 6.07 Å². The van der Waals surface area contributed by atoms with Gasteiger partial charge in [-0.3, -0.25) is 0 Å². The number of aromatic amines is 1. The molecular weight excluding hydrogens is 174 g/mol. The Morgan fingerprint density at radius 1 is 1.75 bits per heavy atom. The molecule has 4 heteroatoms. The normalized spacial score (nSPS) is 9.00. The standard InChI is InChI=1S/C8H6ClN3/c1-5(9)7-6(3-10)4-12-8(7)11-2/h4,12H,1-2H2. The van der Waals surface area contributed by atoms with Crippen LogP contribution in [0.3, 0.4) is 0 Å². The van der Waals surface area contributed by atoms with Crippen LogP contribution in [-0.4, -0.2) is 11.7 Å². The van der Waals surface area contributed by atoms with Crippen LogP contribution >= 0.6 is 11.6 Å². The van der Waals surface area contributed by atoms with Crippen molar-refractivity contribution in [2.45, 2.75) is 0 Å². The highest BCUT2D eigenvalue weighted by Crippen LogP contribution is 2.29. The highest BCUT2D eigenvalue weighted by molar-refractivity contribution is 6.49. The van der Waals surface area contributed by atoms with Gasteiger partial charge in [0.2, 0.25) is 0 Å². The molecule has 12 heavy (non-hydrogen) atoms. The molecule has 0 saturated heterocycles. The second-order valence-corrected chi connectivity index (χ2v) is 2.56. The van der Waals surface area contributed by atoms with Crippen molar-refractivity contribution in [1.29, 1.82) is 5.26 Å². The lowest BCUT2D eigenvalue weighted by molar-refractivity contribution is 1.34. The zero-order valence-corrected chi connectivity index (χ0v) is 7.02. The van der Waals surface area contributed by atoms with E-state index in [1.54, 1.807) is 0 Å². The first-order valence-corrected chi connectivity index (χ1v) is 3.51. The maximum absolute atomic E-state index is 8.64. The Morgan fingerprint density at radius 3 is 2.83 bits per heavy atom. The largest absolute Gasteiger partial charge is 0.345 e. The summed E-state index contributed by atoms with van der Waals surface area (Å²) in [6, 6.07) is 1.97. The van der Waals surface area contributed by atoms with Crippen LogP contribution in [0.5, 0.6) is 0 Å². The summed E-state index contributed by atoms with van der Waals surface area (Å²) >= 11 is 5.66. The quantitative estimate of drug-likeness (QED) is 0.697. The number of rotatable bonds is 2. The lowest BCUT2D eigenvalue weighted by Crippen LogP contribution is -1.76. The van der Waals surface area contributed by atoms with Gasteiger partial charge in [-0.15, -0.1) is 0 Å². The third-order valence-corrected chi connectivity index (χ3v) is 1.60. The van der Waals surface area contributed by atoms with Crippen LogP contribution in [0, 0.1) is 11.3 Å². The van der Waals surface area contributed by atoms with Gasteiger partial charge in [-0.2, -0.15) is 5.26 Å². The predicted octanol–water partition coefficient (Wildman–Crippen LogP) is 2.43. The van der Waals surface area contributed by atoms with E-state index in [0.29, 0.717) is 16.9 Å². The number of aliphatic imine (C=N–C) groups is 1. The predicted molar refractivity (Wildman–Crippen MR) is 49.6 cm³/mol. The second-order valence-electron chi connectivity index (χ2n) is 2.10. The average molecular weight is 180 g/mol. The van der Waals surface area contributed by atoms with E-state index in [0.717, 1.165) is 0 Å². The summed E-state index contributed by atoms with van der Waals surface area (Å²) in [6.07, 6.45) is 1.52. The van der Waals surface area contributed by atoms with Gasteiger partial charge in [0.1, 0.15) is 11.9 Å². The van der Waals surface area contributed by atoms with Gasteiger partial charge in [0.05, 0.1) is 11.1 Å². The van der Waals surface area contributed by atoms with Crippen LogP contribution in [0.25, 0.3) is 5.03 Å². The Bertz CT molecular complexity index is 370. The highest BCUT2D eigenvalue weighted by Gasteiger charge is 2.10. The molecule has 0 aliphatic carbocycles. The van der Waals surface area contributed by atoms with Crippen LogP contribution < -0.4 is 0 Å². The van der Waals surface area contributed by atoms with Gasteiger partial charge in [-0.05, 0) is 6.72 Å². The molecule has 0 radical (unpaired) electrons. The molecule has 0 saturated carbocycles. The van der Waals surface area contributed by atoms with E-state index < -0.39 is 0 Å². The zero-order valence-electron chi connectivity index (χ0n) is 6.26. The fourth-order valence-electron chi connectivity index (χ4n) is 0.900. The molecule has 1 rings (SSSR count). The van der Waals surface area contributed by atoms with Gasteiger partial charge >= 0.3 is 0 Å². The Balaban J connectivity index is 3.38. The monoisotopic (exact) mass is 179 g/mol. The van der Waals surface area contributed by atoms with E-state index in [9.17, 15) is 0 Å². The molecule has 60 valence electrons. The van der Waals surface area contributed by atoms with Crippen LogP contribution in [0.2, 0.25) is 0 Å². The topological polar surface area (TPSA) is 51.9 Å². The maximum Gasteiger partial charge on any atom is 0.139 e. The molecule has 1 heterocycles. The number of nitrogens with one attached hydrogen (secondary N) is 1. The van der Waals surface area contributed by atoms with Crippen molar-refractivity contribution < 1.29 is 0 Å². The summed E-state index contributed by atoms with van der Waals surface area (Å²) in [6.45, 7) is 6.85. The van der Waals surface area contributed by atoms with Crippen molar-refractivity contribution in [3.63, 3.8) is 0 Å². The number of aromatic nitrogens is 1. The van der Waals surface area contributed by atoms with Gasteiger partial charge in [0.25, 0.3) is 0 Å². The number of hydrogen-bond donors (Lipinski definition) is 1. The molecule has 0 atom stereocenters. The van der Waals surface area contributed by atoms with Crippen LogP contribution in [0.1, 0.15) is 11.1 Å². The summed E-state index contributed by atoms with van der Waals surface area (Å²) in [7, 11) is 0. The molecule has 0 bridgehead atoms. The molecule has 1 aromatic heterocycles. The van der Waals surface area contributed by atoms with Gasteiger partial charge in [0, 0.05) is 11.2 Å². The summed E-state index contributed by atoms with van der Waals surface area (Å²) in [5.74, 6) is 0.478. The number of halogens is 1. The van der Waals surface area contributed by atoms with E-state index in [1.165, 1.54) is 6.20 Å². The molecule has 3 nitrogen and oxygen atoms in total. The molecule has 1 N–H and O–H groups in total. The minimum absolute atomic E-state index is 0.287. The van der Waals surface area contributed by atoms with E-state index >= 15 is 0 Å². The summed E-state index contributed by atoms with van der Waals surface area (Å²) in [5.41, 5.74) is 0.951. The molecule has 0 aliphatic rings. The Labute approximate surface area is 75.0 Å². The van der Waals surface area contributed by atoms with Crippen molar-refractivity contribution in [2.24, 2.45) is 4.99 Å². The first kappa shape index (κ1) is 8.57. The van der Waals surface area contributed by atoms with Crippen LogP contribution in [0.4, 0.5) is 5.82 Å². The smallest absolute Gasteiger partial charge is 0.139 e. The first-order valence-electron chi connectivity index (χ1n) is 3.13. The molecule has 0 unspecified atom stereocenters. The van der Waals surface area contributed by atoms with Crippen LogP contribution in [-0.2, 0) is 0 Å². The van der Waals surface area contributed by atoms with Crippen LogP contribution in [0.15, 0.2) is 17.8 Å². The number of hydrogen-bond acceptors (Lipinski definition) is 2. The van der Waals surface area contributed by atoms with Crippen molar-refractivity contribution in [3.8, 4) is 6.07 Å². The van der Waals surface area contributed by atoms with E-state index in [2.05, 4.69) is 23.3 Å². The molecule has 0 aromatic carbocycles. The van der Waals surface area contributed by atoms with Crippen molar-refractivity contribution >= 4 is 29.2 Å². The highest BCUT2D eigenvalue weighted by atomic mass is 35.5. The first-order chi connectivity index (χ1) is 5.70. The molecule has 0 fully saturated rings. The van der Waals surface area contributed by atoms with Crippen molar-refractivity contribution in [2.75, 3.05) is 0 Å². The summed E-state index contributed by atoms with van der Waals surface area (Å²) in [4.78, 5) is 6.42. The fourth-order valence-corrected chi connectivity index (χ4v) is 1.09. The van der Waals surface area contributed by atoms with Gasteiger partial charge in [-0.25, -0.2) is 4.99 Å². The molecule has 0 amide bonds. The third kappa shape index (κ3) is 1.25. The lowest BCUT2D eigenvalue weighted by Gasteiger charge is -1.94. The Morgan fingerprint density at radius 2 is 2.42 bits per heavy atom. The van der Waals surface area contributed by atoms with Gasteiger partial charge in [-0.1, -0.05) is 18.2 Å². The van der Waals surface area contributed by atoms with Crippen molar-refractivity contribution in [3.05, 3.63) is 23.9 Å². The number of H-pyrrole nitrogens is 1. The second kappa shape index (κ2) is 3.24. The molecule has 0 aliphatic heterocycles. The molecule has 1 aromatic rings. The third-order valence-electron chi connectivity index (χ3n) is 1.41. The van der Waals surface area contributed by atoms with E-state index in [-0.39, 0.29) is 5.03 Å². The summed E-state index contributed by atoms with van der Waals surface area (Å²) in [5, 5.41) is 8.93. The van der Waals surface area contributed by atoms with Crippen molar-refractivity contribution in [1.82, 2.24) is 4.98 Å². The van der Waals surface area contributed by atoms with E-state index in [4.69, 9.17) is 16.9 Å². The summed E-state index contributed by atoms with van der Waals surface area (Å²) < 4.78 is 0.